The van der Waals surface area contributed by atoms with E-state index in [4.69, 9.17) is 16.3 Å². The van der Waals surface area contributed by atoms with E-state index in [1.54, 1.807) is 17.0 Å². The molecule has 2 amide bonds. The van der Waals surface area contributed by atoms with E-state index in [9.17, 15) is 18.0 Å². The minimum atomic E-state index is -3.67. The molecule has 3 aromatic carbocycles. The summed E-state index contributed by atoms with van der Waals surface area (Å²) in [4.78, 5) is 29.0. The molecular weight excluding hydrogens is 642 g/mol. The largest absolute Gasteiger partial charge is 0.495 e. The van der Waals surface area contributed by atoms with E-state index in [0.29, 0.717) is 24.4 Å². The Morgan fingerprint density at radius 1 is 1.02 bits per heavy atom. The molecule has 0 fully saturated rings. The Morgan fingerprint density at radius 3 is 2.36 bits per heavy atom. The van der Waals surface area contributed by atoms with Gasteiger partial charge in [-0.3, -0.25) is 13.9 Å². The van der Waals surface area contributed by atoms with Crippen molar-refractivity contribution in [1.29, 1.82) is 0 Å². The first-order valence-corrected chi connectivity index (χ1v) is 16.7. The molecule has 0 aliphatic carbocycles. The zero-order valence-electron chi connectivity index (χ0n) is 24.1. The molecule has 0 bridgehead atoms. The standard InChI is InChI=1S/C31H37BrClN3O5S/c1-4-17-34-31(38)28(20-23-10-6-5-7-11-23)35(22-24-12-8-13-25(32)19-24)30(37)14-9-18-36(42(3,39)40)26-15-16-29(41-2)27(33)21-26/h5-8,10-13,15-16,19,21,28H,4,9,14,17-18,20,22H2,1-3H3,(H,34,38)/t28-/m1/s1. The van der Waals surface area contributed by atoms with Crippen molar-refractivity contribution in [1.82, 2.24) is 10.2 Å². The van der Waals surface area contributed by atoms with Gasteiger partial charge in [-0.05, 0) is 54.3 Å². The summed E-state index contributed by atoms with van der Waals surface area (Å²) < 4.78 is 32.6. The van der Waals surface area contributed by atoms with Gasteiger partial charge in [0, 0.05) is 36.9 Å². The number of methoxy groups -OCH3 is 1. The second kappa shape index (κ2) is 16.0. The third-order valence-corrected chi connectivity index (χ3v) is 8.62. The van der Waals surface area contributed by atoms with Crippen molar-refractivity contribution in [2.24, 2.45) is 0 Å². The fourth-order valence-electron chi connectivity index (χ4n) is 4.57. The predicted octanol–water partition coefficient (Wildman–Crippen LogP) is 5.82. The third-order valence-electron chi connectivity index (χ3n) is 6.64. The first kappa shape index (κ1) is 33.4. The molecule has 8 nitrogen and oxygen atoms in total. The number of sulfonamides is 1. The van der Waals surface area contributed by atoms with Crippen LogP contribution in [0.2, 0.25) is 5.02 Å². The molecule has 0 aliphatic rings. The van der Waals surface area contributed by atoms with Crippen molar-refractivity contribution in [3.05, 3.63) is 93.4 Å². The molecule has 0 saturated carbocycles. The Bertz CT molecular complexity index is 1460. The van der Waals surface area contributed by atoms with E-state index in [1.807, 2.05) is 61.5 Å². The molecule has 0 aliphatic heterocycles. The van der Waals surface area contributed by atoms with Crippen LogP contribution in [-0.2, 0) is 32.6 Å². The van der Waals surface area contributed by atoms with Gasteiger partial charge in [0.1, 0.15) is 11.8 Å². The van der Waals surface area contributed by atoms with Crippen LogP contribution in [0.1, 0.15) is 37.3 Å². The van der Waals surface area contributed by atoms with Crippen molar-refractivity contribution < 1.29 is 22.7 Å². The molecule has 0 unspecified atom stereocenters. The zero-order valence-corrected chi connectivity index (χ0v) is 27.2. The van der Waals surface area contributed by atoms with Gasteiger partial charge in [0.25, 0.3) is 0 Å². The molecule has 42 heavy (non-hydrogen) atoms. The van der Waals surface area contributed by atoms with Crippen LogP contribution < -0.4 is 14.4 Å². The Balaban J connectivity index is 1.87. The molecule has 0 aromatic heterocycles. The van der Waals surface area contributed by atoms with Crippen LogP contribution in [0.5, 0.6) is 5.75 Å². The molecule has 1 atom stereocenters. The maximum atomic E-state index is 13.9. The molecule has 3 aromatic rings. The van der Waals surface area contributed by atoms with Crippen molar-refractivity contribution in [2.75, 3.05) is 30.8 Å². The quantitative estimate of drug-likeness (QED) is 0.219. The lowest BCUT2D eigenvalue weighted by Gasteiger charge is -2.32. The predicted molar refractivity (Wildman–Crippen MR) is 171 cm³/mol. The summed E-state index contributed by atoms with van der Waals surface area (Å²) >= 11 is 9.75. The molecule has 1 N–H and O–H groups in total. The summed E-state index contributed by atoms with van der Waals surface area (Å²) in [5.74, 6) is -0.0449. The maximum absolute atomic E-state index is 13.9. The van der Waals surface area contributed by atoms with Crippen molar-refractivity contribution in [3.8, 4) is 5.75 Å². The van der Waals surface area contributed by atoms with Crippen LogP contribution in [0.3, 0.4) is 0 Å². The molecule has 0 radical (unpaired) electrons. The summed E-state index contributed by atoms with van der Waals surface area (Å²) in [6.45, 7) is 2.75. The van der Waals surface area contributed by atoms with E-state index >= 15 is 0 Å². The van der Waals surface area contributed by atoms with Gasteiger partial charge in [0.05, 0.1) is 24.1 Å². The highest BCUT2D eigenvalue weighted by molar-refractivity contribution is 9.10. The smallest absolute Gasteiger partial charge is 0.243 e. The lowest BCUT2D eigenvalue weighted by Crippen LogP contribution is -2.50. The van der Waals surface area contributed by atoms with Crippen LogP contribution in [0.4, 0.5) is 5.69 Å². The number of nitrogens with one attached hydrogen (secondary N) is 1. The maximum Gasteiger partial charge on any atom is 0.243 e. The average Bonchev–Trinajstić information content (AvgIpc) is 2.95. The normalized spacial score (nSPS) is 11.9. The summed E-state index contributed by atoms with van der Waals surface area (Å²) in [6, 6.07) is 21.2. The highest BCUT2D eigenvalue weighted by Crippen LogP contribution is 2.30. The zero-order chi connectivity index (χ0) is 30.7. The molecule has 3 rings (SSSR count). The van der Waals surface area contributed by atoms with Crippen LogP contribution in [0.15, 0.2) is 77.3 Å². The molecule has 226 valence electrons. The monoisotopic (exact) mass is 677 g/mol. The van der Waals surface area contributed by atoms with E-state index in [1.165, 1.54) is 17.5 Å². The SMILES string of the molecule is CCCNC(=O)[C@@H](Cc1ccccc1)N(Cc1cccc(Br)c1)C(=O)CCCN(c1ccc(OC)c(Cl)c1)S(C)(=O)=O. The van der Waals surface area contributed by atoms with E-state index in [2.05, 4.69) is 21.2 Å². The minimum Gasteiger partial charge on any atom is -0.495 e. The number of hydrogen-bond donors (Lipinski definition) is 1. The van der Waals surface area contributed by atoms with Crippen molar-refractivity contribution >= 4 is 55.1 Å². The third kappa shape index (κ3) is 9.74. The molecular formula is C31H37BrClN3O5S. The van der Waals surface area contributed by atoms with Gasteiger partial charge in [-0.25, -0.2) is 8.42 Å². The number of anilines is 1. The summed E-state index contributed by atoms with van der Waals surface area (Å²) in [5, 5.41) is 3.24. The molecule has 11 heteroatoms. The second-order valence-corrected chi connectivity index (χ2v) is 13.1. The van der Waals surface area contributed by atoms with Crippen LogP contribution >= 0.6 is 27.5 Å². The van der Waals surface area contributed by atoms with E-state index in [0.717, 1.165) is 28.3 Å². The Hall–Kier alpha value is -3.08. The lowest BCUT2D eigenvalue weighted by atomic mass is 10.0. The molecule has 0 heterocycles. The topological polar surface area (TPSA) is 96.0 Å². The van der Waals surface area contributed by atoms with Crippen LogP contribution in [-0.4, -0.2) is 57.6 Å². The number of nitrogens with zero attached hydrogens (tertiary/aromatic N) is 2. The molecule has 0 spiro atoms. The lowest BCUT2D eigenvalue weighted by molar-refractivity contribution is -0.141. The first-order valence-electron chi connectivity index (χ1n) is 13.7. The van der Waals surface area contributed by atoms with E-state index in [-0.39, 0.29) is 42.8 Å². The summed E-state index contributed by atoms with van der Waals surface area (Å²) in [5.41, 5.74) is 2.17. The summed E-state index contributed by atoms with van der Waals surface area (Å²) in [7, 11) is -2.19. The van der Waals surface area contributed by atoms with Crippen molar-refractivity contribution in [3.63, 3.8) is 0 Å². The van der Waals surface area contributed by atoms with Gasteiger partial charge in [-0.15, -0.1) is 0 Å². The fraction of sp³-hybridized carbons (Fsp3) is 0.355. The number of rotatable bonds is 15. The number of carbonyl (C=O) groups excluding carboxylic acids is 2. The highest BCUT2D eigenvalue weighted by atomic mass is 79.9. The summed E-state index contributed by atoms with van der Waals surface area (Å²) in [6.07, 6.45) is 2.49. The Kier molecular flexibility index (Phi) is 12.7. The molecule has 0 saturated heterocycles. The van der Waals surface area contributed by atoms with E-state index < -0.39 is 16.1 Å². The number of hydrogen-bond acceptors (Lipinski definition) is 5. The number of halogens is 2. The van der Waals surface area contributed by atoms with Gasteiger partial charge in [-0.1, -0.05) is 76.9 Å². The first-order chi connectivity index (χ1) is 20.0. The Labute approximate surface area is 262 Å². The Morgan fingerprint density at radius 2 is 1.74 bits per heavy atom. The highest BCUT2D eigenvalue weighted by Gasteiger charge is 2.30. The number of amides is 2. The number of carbonyl (C=O) groups is 2. The average molecular weight is 679 g/mol. The van der Waals surface area contributed by atoms with Gasteiger partial charge in [-0.2, -0.15) is 0 Å². The minimum absolute atomic E-state index is 0.0380. The van der Waals surface area contributed by atoms with Gasteiger partial charge in [0.2, 0.25) is 21.8 Å². The van der Waals surface area contributed by atoms with Gasteiger partial charge >= 0.3 is 0 Å². The number of ether oxygens (including phenoxy) is 1. The van der Waals surface area contributed by atoms with Crippen molar-refractivity contribution in [2.45, 2.75) is 45.2 Å². The van der Waals surface area contributed by atoms with Gasteiger partial charge < -0.3 is 15.0 Å². The second-order valence-electron chi connectivity index (χ2n) is 9.91. The van der Waals surface area contributed by atoms with Crippen LogP contribution in [0, 0.1) is 0 Å². The van der Waals surface area contributed by atoms with Crippen LogP contribution in [0.25, 0.3) is 0 Å². The van der Waals surface area contributed by atoms with Gasteiger partial charge in [0.15, 0.2) is 0 Å². The number of benzene rings is 3. The fourth-order valence-corrected chi connectivity index (χ4v) is 6.22.